The van der Waals surface area contributed by atoms with Gasteiger partial charge in [0.25, 0.3) is 0 Å². The quantitative estimate of drug-likeness (QED) is 0.226. The molecule has 0 radical (unpaired) electrons. The number of carboxylic acids is 1. The highest BCUT2D eigenvalue weighted by Gasteiger charge is 2.32. The van der Waals surface area contributed by atoms with E-state index in [2.05, 4.69) is 47.4 Å². The molecule has 37 heavy (non-hydrogen) atoms. The second-order valence-corrected chi connectivity index (χ2v) is 13.0. The van der Waals surface area contributed by atoms with E-state index in [0.717, 1.165) is 38.5 Å². The Balaban J connectivity index is 1.85. The first kappa shape index (κ1) is 27.0. The van der Waals surface area contributed by atoms with Crippen molar-refractivity contribution >= 4 is 40.2 Å². The monoisotopic (exact) mass is 537 g/mol. The van der Waals surface area contributed by atoms with Gasteiger partial charge in [0.15, 0.2) is 0 Å². The molecule has 194 valence electrons. The molecule has 0 aliphatic carbocycles. The Labute approximate surface area is 227 Å². The van der Waals surface area contributed by atoms with E-state index < -0.39 is 11.4 Å². The lowest BCUT2D eigenvalue weighted by Crippen LogP contribution is -2.28. The predicted octanol–water partition coefficient (Wildman–Crippen LogP) is 7.26. The van der Waals surface area contributed by atoms with Gasteiger partial charge in [0.2, 0.25) is 0 Å². The fraction of sp³-hybridized carbons (Fsp3) is 0.345. The minimum Gasteiger partial charge on any atom is -0.487 e. The molecule has 1 N–H and O–H groups in total. The fourth-order valence-corrected chi connectivity index (χ4v) is 5.36. The van der Waals surface area contributed by atoms with Gasteiger partial charge < -0.3 is 14.4 Å². The third-order valence-electron chi connectivity index (χ3n) is 5.95. The Morgan fingerprint density at radius 2 is 1.81 bits per heavy atom. The number of halogens is 1. The van der Waals surface area contributed by atoms with E-state index in [1.54, 1.807) is 44.2 Å². The zero-order chi connectivity index (χ0) is 26.8. The van der Waals surface area contributed by atoms with Gasteiger partial charge in [-0.1, -0.05) is 44.5 Å². The molecule has 0 bridgehead atoms. The maximum atomic E-state index is 12.2. The molecular weight excluding hydrogens is 506 g/mol. The van der Waals surface area contributed by atoms with Crippen molar-refractivity contribution in [2.75, 3.05) is 0 Å². The number of fused-ring (bicyclic) bond motifs is 1. The SMILES string of the molecule is CC(C)(C)Sc1c(CC(C)(C)C(=O)O)n(Cc2ccc(Cl)cc2)c2ccc(OCc3cnccn3)cc12. The van der Waals surface area contributed by atoms with Gasteiger partial charge in [0.05, 0.1) is 17.3 Å². The summed E-state index contributed by atoms with van der Waals surface area (Å²) in [6.45, 7) is 11.0. The van der Waals surface area contributed by atoms with Crippen molar-refractivity contribution in [1.82, 2.24) is 14.5 Å². The van der Waals surface area contributed by atoms with Crippen LogP contribution in [0.3, 0.4) is 0 Å². The highest BCUT2D eigenvalue weighted by Crippen LogP contribution is 2.44. The van der Waals surface area contributed by atoms with Crippen LogP contribution in [0.15, 0.2) is 66.0 Å². The molecule has 0 spiro atoms. The van der Waals surface area contributed by atoms with Crippen LogP contribution in [-0.4, -0.2) is 30.4 Å². The normalized spacial score (nSPS) is 12.2. The lowest BCUT2D eigenvalue weighted by molar-refractivity contribution is -0.146. The molecule has 0 unspecified atom stereocenters. The number of ether oxygens (including phenoxy) is 1. The smallest absolute Gasteiger partial charge is 0.309 e. The van der Waals surface area contributed by atoms with Crippen molar-refractivity contribution in [2.24, 2.45) is 5.41 Å². The Hall–Kier alpha value is -3.03. The number of hydrogen-bond acceptors (Lipinski definition) is 5. The third kappa shape index (κ3) is 6.65. The Kier molecular flexibility index (Phi) is 7.85. The zero-order valence-electron chi connectivity index (χ0n) is 21.8. The second-order valence-electron chi connectivity index (χ2n) is 10.7. The molecule has 0 aliphatic heterocycles. The molecular formula is C29H32ClN3O3S. The standard InChI is InChI=1S/C29H32ClN3O3S/c1-28(2,3)37-26-23-14-22(36-18-21-16-31-12-13-32-21)10-11-24(23)33(17-19-6-8-20(30)9-7-19)25(26)15-29(4,5)27(34)35/h6-14,16H,15,17-18H2,1-5H3,(H,34,35). The number of thioether (sulfide) groups is 1. The number of benzene rings is 2. The number of nitrogens with zero attached hydrogens (tertiary/aromatic N) is 3. The lowest BCUT2D eigenvalue weighted by atomic mass is 9.88. The Bertz CT molecular complexity index is 1390. The van der Waals surface area contributed by atoms with Gasteiger partial charge >= 0.3 is 5.97 Å². The number of rotatable bonds is 9. The molecule has 0 saturated heterocycles. The number of aromatic nitrogens is 3. The maximum Gasteiger partial charge on any atom is 0.309 e. The minimum atomic E-state index is -0.940. The first-order chi connectivity index (χ1) is 17.4. The molecule has 4 rings (SSSR count). The summed E-state index contributed by atoms with van der Waals surface area (Å²) in [5, 5.41) is 11.7. The summed E-state index contributed by atoms with van der Waals surface area (Å²) in [6, 6.07) is 13.8. The topological polar surface area (TPSA) is 77.2 Å². The fourth-order valence-electron chi connectivity index (χ4n) is 4.05. The molecule has 0 aliphatic rings. The summed E-state index contributed by atoms with van der Waals surface area (Å²) in [4.78, 5) is 21.6. The number of carboxylic acid groups (broad SMARTS) is 1. The number of carbonyl (C=O) groups is 1. The highest BCUT2D eigenvalue weighted by atomic mass is 35.5. The summed E-state index contributed by atoms with van der Waals surface area (Å²) in [5.41, 5.74) is 2.93. The van der Waals surface area contributed by atoms with Crippen molar-refractivity contribution in [3.63, 3.8) is 0 Å². The maximum absolute atomic E-state index is 12.2. The molecule has 6 nitrogen and oxygen atoms in total. The number of aliphatic carboxylic acids is 1. The molecule has 0 atom stereocenters. The van der Waals surface area contributed by atoms with Crippen LogP contribution < -0.4 is 4.74 Å². The lowest BCUT2D eigenvalue weighted by Gasteiger charge is -2.24. The second kappa shape index (κ2) is 10.8. The average Bonchev–Trinajstić information content (AvgIpc) is 3.09. The predicted molar refractivity (Wildman–Crippen MR) is 150 cm³/mol. The van der Waals surface area contributed by atoms with Crippen molar-refractivity contribution in [3.05, 3.63) is 83.0 Å². The third-order valence-corrected chi connectivity index (χ3v) is 7.47. The molecule has 0 fully saturated rings. The van der Waals surface area contributed by atoms with Crippen molar-refractivity contribution in [3.8, 4) is 5.75 Å². The van der Waals surface area contributed by atoms with Crippen LogP contribution in [0.25, 0.3) is 10.9 Å². The highest BCUT2D eigenvalue weighted by molar-refractivity contribution is 8.00. The van der Waals surface area contributed by atoms with Crippen molar-refractivity contribution in [2.45, 2.75) is 63.8 Å². The average molecular weight is 538 g/mol. The summed E-state index contributed by atoms with van der Waals surface area (Å²) in [7, 11) is 0. The van der Waals surface area contributed by atoms with Crippen LogP contribution >= 0.6 is 23.4 Å². The van der Waals surface area contributed by atoms with Gasteiger partial charge in [-0.2, -0.15) is 0 Å². The van der Waals surface area contributed by atoms with E-state index in [4.69, 9.17) is 16.3 Å². The van der Waals surface area contributed by atoms with Crippen LogP contribution in [0, 0.1) is 5.41 Å². The minimum absolute atomic E-state index is 0.0853. The molecule has 2 heterocycles. The first-order valence-corrected chi connectivity index (χ1v) is 13.3. The van der Waals surface area contributed by atoms with Crippen LogP contribution in [-0.2, 0) is 24.4 Å². The van der Waals surface area contributed by atoms with E-state index in [-0.39, 0.29) is 4.75 Å². The molecule has 2 aromatic heterocycles. The van der Waals surface area contributed by atoms with Gasteiger partial charge in [-0.15, -0.1) is 11.8 Å². The van der Waals surface area contributed by atoms with Crippen LogP contribution in [0.2, 0.25) is 5.02 Å². The van der Waals surface area contributed by atoms with Crippen LogP contribution in [0.4, 0.5) is 0 Å². The zero-order valence-corrected chi connectivity index (χ0v) is 23.4. The first-order valence-electron chi connectivity index (χ1n) is 12.1. The van der Waals surface area contributed by atoms with Crippen molar-refractivity contribution < 1.29 is 14.6 Å². The molecule has 0 amide bonds. The van der Waals surface area contributed by atoms with Gasteiger partial charge in [-0.25, -0.2) is 0 Å². The van der Waals surface area contributed by atoms with Gasteiger partial charge in [0.1, 0.15) is 12.4 Å². The van der Waals surface area contributed by atoms with E-state index in [0.29, 0.717) is 24.6 Å². The Morgan fingerprint density at radius 1 is 1.08 bits per heavy atom. The summed E-state index contributed by atoms with van der Waals surface area (Å²) in [5.74, 6) is -0.0999. The number of hydrogen-bond donors (Lipinski definition) is 1. The van der Waals surface area contributed by atoms with Crippen LogP contribution in [0.5, 0.6) is 5.75 Å². The van der Waals surface area contributed by atoms with Gasteiger partial charge in [-0.05, 0) is 49.7 Å². The van der Waals surface area contributed by atoms with Gasteiger partial charge in [0, 0.05) is 56.6 Å². The summed E-state index contributed by atoms with van der Waals surface area (Å²) in [6.07, 6.45) is 5.36. The summed E-state index contributed by atoms with van der Waals surface area (Å²) >= 11 is 7.89. The van der Waals surface area contributed by atoms with Crippen LogP contribution in [0.1, 0.15) is 51.6 Å². The van der Waals surface area contributed by atoms with E-state index in [1.807, 2.05) is 30.3 Å². The molecule has 0 saturated carbocycles. The van der Waals surface area contributed by atoms with E-state index >= 15 is 0 Å². The van der Waals surface area contributed by atoms with Crippen molar-refractivity contribution in [1.29, 1.82) is 0 Å². The summed E-state index contributed by atoms with van der Waals surface area (Å²) < 4.78 is 8.23. The Morgan fingerprint density at radius 3 is 2.43 bits per heavy atom. The molecule has 4 aromatic rings. The molecule has 8 heteroatoms. The largest absolute Gasteiger partial charge is 0.487 e. The van der Waals surface area contributed by atoms with E-state index in [1.165, 1.54) is 0 Å². The van der Waals surface area contributed by atoms with E-state index in [9.17, 15) is 9.90 Å². The molecule has 2 aromatic carbocycles. The van der Waals surface area contributed by atoms with Gasteiger partial charge in [-0.3, -0.25) is 14.8 Å².